The first kappa shape index (κ1) is 12.9. The second-order valence-electron chi connectivity index (χ2n) is 4.10. The third kappa shape index (κ3) is 1.74. The van der Waals surface area contributed by atoms with Gasteiger partial charge in [0.05, 0.1) is 9.98 Å². The summed E-state index contributed by atoms with van der Waals surface area (Å²) in [5.41, 5.74) is 0.864. The van der Waals surface area contributed by atoms with Gasteiger partial charge in [-0.25, -0.2) is 24.3 Å². The molecule has 0 amide bonds. The fourth-order valence-electron chi connectivity index (χ4n) is 1.95. The molecular weight excluding hydrogens is 296 g/mol. The monoisotopic (exact) mass is 304 g/mol. The third-order valence-corrected chi connectivity index (χ3v) is 3.18. The molecule has 2 aliphatic rings. The maximum absolute atomic E-state index is 11.9. The van der Waals surface area contributed by atoms with Gasteiger partial charge in [-0.15, -0.1) is 0 Å². The van der Waals surface area contributed by atoms with Crippen LogP contribution in [0, 0.1) is 0 Å². The van der Waals surface area contributed by atoms with Crippen LogP contribution in [-0.2, 0) is 0 Å². The summed E-state index contributed by atoms with van der Waals surface area (Å²) in [5, 5.41) is 0. The minimum Gasteiger partial charge on any atom is -0.277 e. The Bertz CT molecular complexity index is 896. The predicted octanol–water partition coefficient (Wildman–Crippen LogP) is 0.879. The van der Waals surface area contributed by atoms with E-state index < -0.39 is 5.69 Å². The van der Waals surface area contributed by atoms with Gasteiger partial charge in [-0.3, -0.25) is 4.57 Å². The molecule has 0 fully saturated rings. The molecule has 1 aromatic rings. The van der Waals surface area contributed by atoms with Crippen LogP contribution in [0.3, 0.4) is 0 Å². The molecule has 0 atom stereocenters. The van der Waals surface area contributed by atoms with Crippen molar-refractivity contribution >= 4 is 45.6 Å². The lowest BCUT2D eigenvalue weighted by atomic mass is 10.3. The molecule has 7 nitrogen and oxygen atoms in total. The van der Waals surface area contributed by atoms with E-state index in [2.05, 4.69) is 19.9 Å². The lowest BCUT2D eigenvalue weighted by Gasteiger charge is -1.97. The summed E-state index contributed by atoms with van der Waals surface area (Å²) in [4.78, 5) is 29.4. The van der Waals surface area contributed by atoms with Crippen molar-refractivity contribution in [2.24, 2.45) is 0 Å². The minimum atomic E-state index is -0.471. The Labute approximate surface area is 123 Å². The van der Waals surface area contributed by atoms with E-state index in [4.69, 9.17) is 24.4 Å². The van der Waals surface area contributed by atoms with Crippen molar-refractivity contribution < 1.29 is 0 Å². The summed E-state index contributed by atoms with van der Waals surface area (Å²) in [5.74, 6) is 0.345. The molecule has 0 unspecified atom stereocenters. The average Bonchev–Trinajstić information content (AvgIpc) is 2.87. The lowest BCUT2D eigenvalue weighted by Crippen LogP contribution is -2.21. The lowest BCUT2D eigenvalue weighted by molar-refractivity contribution is 1.03. The number of thiocarbonyl (C=S) groups is 2. The second-order valence-corrected chi connectivity index (χ2v) is 5.28. The predicted molar refractivity (Wildman–Crippen MR) is 81.3 cm³/mol. The minimum absolute atomic E-state index is 0.345. The Morgan fingerprint density at radius 3 is 2.55 bits per heavy atom. The highest BCUT2D eigenvalue weighted by Gasteiger charge is 2.21. The Morgan fingerprint density at radius 2 is 1.90 bits per heavy atom. The number of fused-ring (bicyclic) bond motifs is 3. The second kappa shape index (κ2) is 4.46. The van der Waals surface area contributed by atoms with E-state index in [-0.39, 0.29) is 0 Å². The highest BCUT2D eigenvalue weighted by Crippen LogP contribution is 2.22. The summed E-state index contributed by atoms with van der Waals surface area (Å²) >= 11 is 10.2. The average molecular weight is 304 g/mol. The molecule has 0 N–H and O–H groups in total. The van der Waals surface area contributed by atoms with E-state index >= 15 is 0 Å². The first-order valence-corrected chi connectivity index (χ1v) is 6.45. The maximum atomic E-state index is 11.9. The van der Waals surface area contributed by atoms with Gasteiger partial charge in [0.1, 0.15) is 23.9 Å². The van der Waals surface area contributed by atoms with Crippen LogP contribution >= 0.6 is 24.4 Å². The van der Waals surface area contributed by atoms with Crippen LogP contribution in [0.4, 0.5) is 0 Å². The zero-order valence-corrected chi connectivity index (χ0v) is 12.2. The number of imidazole rings is 2. The molecule has 0 radical (unpaired) electrons. The van der Waals surface area contributed by atoms with Gasteiger partial charge >= 0.3 is 5.69 Å². The van der Waals surface area contributed by atoms with Crippen molar-refractivity contribution in [1.82, 2.24) is 29.1 Å². The van der Waals surface area contributed by atoms with Gasteiger partial charge in [0.25, 0.3) is 0 Å². The zero-order chi connectivity index (χ0) is 14.4. The van der Waals surface area contributed by atoms with Gasteiger partial charge in [0.2, 0.25) is 0 Å². The molecule has 2 aliphatic heterocycles. The van der Waals surface area contributed by atoms with Gasteiger partial charge in [0, 0.05) is 0 Å². The van der Waals surface area contributed by atoms with Crippen LogP contribution in [0.2, 0.25) is 0 Å². The molecule has 100 valence electrons. The highest BCUT2D eigenvalue weighted by molar-refractivity contribution is 7.80. The van der Waals surface area contributed by atoms with E-state index in [0.29, 0.717) is 32.7 Å². The van der Waals surface area contributed by atoms with Crippen molar-refractivity contribution in [2.45, 2.75) is 13.8 Å². The largest absolute Gasteiger partial charge is 0.355 e. The Morgan fingerprint density at radius 1 is 1.15 bits per heavy atom. The number of rotatable bonds is 0. The SMILES string of the molecule is CC(=S)n1c2ncnc3c(ncn3C(C)=S)c-2nc1=O. The number of hydrogen-bond donors (Lipinski definition) is 0. The number of aromatic nitrogens is 6. The quantitative estimate of drug-likeness (QED) is 0.570. The van der Waals surface area contributed by atoms with Crippen LogP contribution in [0.1, 0.15) is 13.8 Å². The van der Waals surface area contributed by atoms with Crippen LogP contribution in [0.15, 0.2) is 17.4 Å². The van der Waals surface area contributed by atoms with Crippen molar-refractivity contribution in [1.29, 1.82) is 0 Å². The van der Waals surface area contributed by atoms with Crippen LogP contribution in [0.25, 0.3) is 22.7 Å². The molecule has 3 heterocycles. The summed E-state index contributed by atoms with van der Waals surface area (Å²) in [6, 6.07) is 0. The molecule has 1 aromatic heterocycles. The molecule has 0 aromatic carbocycles. The van der Waals surface area contributed by atoms with E-state index in [1.54, 1.807) is 24.7 Å². The molecule has 0 bridgehead atoms. The summed E-state index contributed by atoms with van der Waals surface area (Å²) in [7, 11) is 0. The van der Waals surface area contributed by atoms with E-state index in [1.165, 1.54) is 10.9 Å². The molecular formula is C11H8N6OS2. The summed E-state index contributed by atoms with van der Waals surface area (Å²) in [6.45, 7) is 3.39. The molecule has 9 heteroatoms. The topological polar surface area (TPSA) is 78.5 Å². The van der Waals surface area contributed by atoms with Gasteiger partial charge < -0.3 is 0 Å². The molecule has 0 aliphatic carbocycles. The summed E-state index contributed by atoms with van der Waals surface area (Å²) in [6.07, 6.45) is 2.89. The van der Waals surface area contributed by atoms with Crippen LogP contribution in [0.5, 0.6) is 0 Å². The first-order chi connectivity index (χ1) is 9.50. The standard InChI is InChI=1S/C11H8N6OS2/c1-5(19)16-4-14-7-8-10(13-3-12-9(7)16)17(6(2)20)11(18)15-8/h3-4H,1-2H3. The van der Waals surface area contributed by atoms with Crippen molar-refractivity contribution in [3.05, 3.63) is 23.1 Å². The summed E-state index contributed by atoms with van der Waals surface area (Å²) < 4.78 is 2.90. The smallest absolute Gasteiger partial charge is 0.277 e. The fraction of sp³-hybridized carbons (Fsp3) is 0.182. The van der Waals surface area contributed by atoms with Gasteiger partial charge in [-0.2, -0.15) is 4.98 Å². The fourth-order valence-corrected chi connectivity index (χ4v) is 2.25. The van der Waals surface area contributed by atoms with Gasteiger partial charge in [-0.1, -0.05) is 24.4 Å². The van der Waals surface area contributed by atoms with Gasteiger partial charge in [-0.05, 0) is 13.8 Å². The Hall–Kier alpha value is -2.13. The van der Waals surface area contributed by atoms with Crippen LogP contribution < -0.4 is 5.69 Å². The molecule has 20 heavy (non-hydrogen) atoms. The van der Waals surface area contributed by atoms with Crippen molar-refractivity contribution in [3.8, 4) is 11.5 Å². The molecule has 0 saturated heterocycles. The van der Waals surface area contributed by atoms with E-state index in [1.807, 2.05) is 0 Å². The van der Waals surface area contributed by atoms with E-state index in [0.717, 1.165) is 0 Å². The molecule has 0 spiro atoms. The Balaban J connectivity index is 2.47. The van der Waals surface area contributed by atoms with Crippen LogP contribution in [-0.4, -0.2) is 39.0 Å². The number of nitrogens with zero attached hydrogens (tertiary/aromatic N) is 6. The van der Waals surface area contributed by atoms with Crippen molar-refractivity contribution in [3.63, 3.8) is 0 Å². The van der Waals surface area contributed by atoms with Crippen molar-refractivity contribution in [2.75, 3.05) is 0 Å². The highest BCUT2D eigenvalue weighted by atomic mass is 32.1. The number of hydrogen-bond acceptors (Lipinski definition) is 7. The molecule has 0 saturated carbocycles. The zero-order valence-electron chi connectivity index (χ0n) is 10.6. The Kier molecular flexibility index (Phi) is 2.87. The normalized spacial score (nSPS) is 11.1. The van der Waals surface area contributed by atoms with E-state index in [9.17, 15) is 4.79 Å². The maximum Gasteiger partial charge on any atom is 0.355 e. The molecule has 3 rings (SSSR count). The van der Waals surface area contributed by atoms with Gasteiger partial charge in [0.15, 0.2) is 11.5 Å². The third-order valence-electron chi connectivity index (χ3n) is 2.80. The first-order valence-electron chi connectivity index (χ1n) is 5.63.